The zero-order chi connectivity index (χ0) is 16.5. The number of fused-ring (bicyclic) bond motifs is 1. The highest BCUT2D eigenvalue weighted by molar-refractivity contribution is 7.22. The number of benzene rings is 1. The molecular formula is C17H15N5OS. The van der Waals surface area contributed by atoms with E-state index in [0.29, 0.717) is 5.13 Å². The Hall–Kier alpha value is -2.93. The largest absolute Gasteiger partial charge is 0.457 e. The van der Waals surface area contributed by atoms with E-state index in [1.807, 2.05) is 54.3 Å². The lowest BCUT2D eigenvalue weighted by Crippen LogP contribution is -1.92. The molecule has 0 bridgehead atoms. The highest BCUT2D eigenvalue weighted by Gasteiger charge is 2.07. The zero-order valence-corrected chi connectivity index (χ0v) is 13.8. The van der Waals surface area contributed by atoms with E-state index in [1.165, 1.54) is 11.3 Å². The van der Waals surface area contributed by atoms with Crippen LogP contribution in [0.25, 0.3) is 21.5 Å². The summed E-state index contributed by atoms with van der Waals surface area (Å²) in [6.45, 7) is 2.88. The summed E-state index contributed by atoms with van der Waals surface area (Å²) in [5, 5.41) is 4.84. The summed E-state index contributed by atoms with van der Waals surface area (Å²) in [7, 11) is 0. The smallest absolute Gasteiger partial charge is 0.181 e. The second-order valence-electron chi connectivity index (χ2n) is 5.25. The van der Waals surface area contributed by atoms with Crippen LogP contribution < -0.4 is 10.5 Å². The normalized spacial score (nSPS) is 11.0. The number of pyridine rings is 1. The fourth-order valence-electron chi connectivity index (χ4n) is 2.42. The lowest BCUT2D eigenvalue weighted by Gasteiger charge is -2.06. The second-order valence-corrected chi connectivity index (χ2v) is 6.31. The summed E-state index contributed by atoms with van der Waals surface area (Å²) in [4.78, 5) is 8.64. The fourth-order valence-corrected chi connectivity index (χ4v) is 3.19. The second kappa shape index (κ2) is 5.93. The first-order valence-electron chi connectivity index (χ1n) is 7.54. The maximum Gasteiger partial charge on any atom is 0.181 e. The van der Waals surface area contributed by atoms with Gasteiger partial charge in [-0.2, -0.15) is 5.10 Å². The van der Waals surface area contributed by atoms with Crippen molar-refractivity contribution in [3.05, 3.63) is 48.9 Å². The molecule has 0 saturated heterocycles. The number of nitrogens with two attached hydrogens (primary N) is 1. The van der Waals surface area contributed by atoms with E-state index in [-0.39, 0.29) is 0 Å². The molecule has 0 radical (unpaired) electrons. The Bertz CT molecular complexity index is 1010. The number of rotatable bonds is 4. The van der Waals surface area contributed by atoms with Gasteiger partial charge in [-0.3, -0.25) is 9.67 Å². The summed E-state index contributed by atoms with van der Waals surface area (Å²) in [6, 6.07) is 9.47. The number of ether oxygens (including phenoxy) is 1. The van der Waals surface area contributed by atoms with Gasteiger partial charge < -0.3 is 10.5 Å². The lowest BCUT2D eigenvalue weighted by atomic mass is 10.2. The Morgan fingerprint density at radius 1 is 1.21 bits per heavy atom. The molecular weight excluding hydrogens is 322 g/mol. The van der Waals surface area contributed by atoms with Gasteiger partial charge in [0, 0.05) is 36.6 Å². The third-order valence-electron chi connectivity index (χ3n) is 3.60. The number of nitrogen functional groups attached to an aromatic ring is 1. The Balaban J connectivity index is 1.62. The highest BCUT2D eigenvalue weighted by atomic mass is 32.1. The summed E-state index contributed by atoms with van der Waals surface area (Å²) >= 11 is 1.45. The molecule has 2 N–H and O–H groups in total. The van der Waals surface area contributed by atoms with E-state index in [9.17, 15) is 0 Å². The molecule has 0 fully saturated rings. The van der Waals surface area contributed by atoms with Gasteiger partial charge in [-0.1, -0.05) is 11.3 Å². The summed E-state index contributed by atoms with van der Waals surface area (Å²) < 4.78 is 8.83. The molecule has 1 aromatic carbocycles. The van der Waals surface area contributed by atoms with Crippen LogP contribution in [0.15, 0.2) is 48.9 Å². The standard InChI is InChI=1S/C17H15N5OS/c1-2-22-10-11(9-20-22)15-7-13(5-6-19-15)23-12-3-4-14-16(8-12)24-17(18)21-14/h3-10H,2H2,1H3,(H2,18,21). The molecule has 3 heterocycles. The van der Waals surface area contributed by atoms with Crippen LogP contribution in [0, 0.1) is 0 Å². The van der Waals surface area contributed by atoms with Crippen molar-refractivity contribution in [1.29, 1.82) is 0 Å². The maximum atomic E-state index is 5.96. The molecule has 0 spiro atoms. The summed E-state index contributed by atoms with van der Waals surface area (Å²) in [6.07, 6.45) is 5.51. The number of aromatic nitrogens is 4. The Morgan fingerprint density at radius 3 is 2.92 bits per heavy atom. The van der Waals surface area contributed by atoms with Crippen LogP contribution in [-0.4, -0.2) is 19.7 Å². The fraction of sp³-hybridized carbons (Fsp3) is 0.118. The lowest BCUT2D eigenvalue weighted by molar-refractivity contribution is 0.483. The van der Waals surface area contributed by atoms with Crippen molar-refractivity contribution in [2.45, 2.75) is 13.5 Å². The van der Waals surface area contributed by atoms with Gasteiger partial charge in [-0.05, 0) is 25.1 Å². The van der Waals surface area contributed by atoms with Crippen LogP contribution >= 0.6 is 11.3 Å². The number of anilines is 1. The Kier molecular flexibility index (Phi) is 3.62. The van der Waals surface area contributed by atoms with Crippen molar-refractivity contribution in [3.63, 3.8) is 0 Å². The van der Waals surface area contributed by atoms with E-state index in [1.54, 1.807) is 6.20 Å². The van der Waals surface area contributed by atoms with Crippen molar-refractivity contribution in [2.24, 2.45) is 0 Å². The van der Waals surface area contributed by atoms with Gasteiger partial charge in [0.15, 0.2) is 5.13 Å². The molecule has 4 rings (SSSR count). The Morgan fingerprint density at radius 2 is 2.08 bits per heavy atom. The van der Waals surface area contributed by atoms with Gasteiger partial charge in [0.25, 0.3) is 0 Å². The van der Waals surface area contributed by atoms with Crippen LogP contribution in [0.5, 0.6) is 11.5 Å². The number of thiazole rings is 1. The minimum absolute atomic E-state index is 0.557. The molecule has 6 nitrogen and oxygen atoms in total. The summed E-state index contributed by atoms with van der Waals surface area (Å²) in [5.74, 6) is 1.47. The molecule has 24 heavy (non-hydrogen) atoms. The molecule has 0 aliphatic carbocycles. The minimum atomic E-state index is 0.557. The third-order valence-corrected chi connectivity index (χ3v) is 4.44. The van der Waals surface area contributed by atoms with Gasteiger partial charge in [-0.15, -0.1) is 0 Å². The maximum absolute atomic E-state index is 5.96. The monoisotopic (exact) mass is 337 g/mol. The molecule has 0 saturated carbocycles. The van der Waals surface area contributed by atoms with Gasteiger partial charge in [0.05, 0.1) is 22.1 Å². The Labute approximate surface area is 142 Å². The predicted molar refractivity (Wildman–Crippen MR) is 95.2 cm³/mol. The number of nitrogens with zero attached hydrogens (tertiary/aromatic N) is 4. The van der Waals surface area contributed by atoms with Crippen molar-refractivity contribution < 1.29 is 4.74 Å². The molecule has 120 valence electrons. The van der Waals surface area contributed by atoms with Crippen LogP contribution in [-0.2, 0) is 6.54 Å². The third kappa shape index (κ3) is 2.81. The topological polar surface area (TPSA) is 78.9 Å². The molecule has 4 aromatic rings. The molecule has 0 aliphatic heterocycles. The van der Waals surface area contributed by atoms with Crippen molar-refractivity contribution in [2.75, 3.05) is 5.73 Å². The van der Waals surface area contributed by atoms with Crippen molar-refractivity contribution in [3.8, 4) is 22.8 Å². The first-order chi connectivity index (χ1) is 11.7. The van der Waals surface area contributed by atoms with Crippen LogP contribution in [0.4, 0.5) is 5.13 Å². The predicted octanol–water partition coefficient (Wildman–Crippen LogP) is 3.95. The van der Waals surface area contributed by atoms with Crippen molar-refractivity contribution >= 4 is 26.7 Å². The van der Waals surface area contributed by atoms with E-state index >= 15 is 0 Å². The van der Waals surface area contributed by atoms with E-state index < -0.39 is 0 Å². The van der Waals surface area contributed by atoms with E-state index in [2.05, 4.69) is 15.1 Å². The highest BCUT2D eigenvalue weighted by Crippen LogP contribution is 2.31. The first-order valence-corrected chi connectivity index (χ1v) is 8.36. The van der Waals surface area contributed by atoms with E-state index in [4.69, 9.17) is 10.5 Å². The van der Waals surface area contributed by atoms with Gasteiger partial charge in [-0.25, -0.2) is 4.98 Å². The molecule has 7 heteroatoms. The van der Waals surface area contributed by atoms with Crippen LogP contribution in [0.2, 0.25) is 0 Å². The number of aryl methyl sites for hydroxylation is 1. The number of hydrogen-bond acceptors (Lipinski definition) is 6. The molecule has 0 atom stereocenters. The summed E-state index contributed by atoms with van der Waals surface area (Å²) in [5.41, 5.74) is 8.42. The van der Waals surface area contributed by atoms with Gasteiger partial charge in [0.2, 0.25) is 0 Å². The van der Waals surface area contributed by atoms with Gasteiger partial charge in [0.1, 0.15) is 11.5 Å². The average molecular weight is 337 g/mol. The quantitative estimate of drug-likeness (QED) is 0.610. The molecule has 0 aliphatic rings. The number of hydrogen-bond donors (Lipinski definition) is 1. The average Bonchev–Trinajstić information content (AvgIpc) is 3.20. The zero-order valence-electron chi connectivity index (χ0n) is 13.0. The van der Waals surface area contributed by atoms with E-state index in [0.717, 1.165) is 39.5 Å². The van der Waals surface area contributed by atoms with Gasteiger partial charge >= 0.3 is 0 Å². The van der Waals surface area contributed by atoms with Crippen molar-refractivity contribution in [1.82, 2.24) is 19.7 Å². The SMILES string of the molecule is CCn1cc(-c2cc(Oc3ccc4nc(N)sc4c3)ccn2)cn1. The van der Waals surface area contributed by atoms with Crippen LogP contribution in [0.3, 0.4) is 0 Å². The first kappa shape index (κ1) is 14.6. The molecule has 3 aromatic heterocycles. The van der Waals surface area contributed by atoms with Crippen LogP contribution in [0.1, 0.15) is 6.92 Å². The molecule has 0 amide bonds. The minimum Gasteiger partial charge on any atom is -0.457 e. The molecule has 0 unspecified atom stereocenters.